The van der Waals surface area contributed by atoms with E-state index in [-0.39, 0.29) is 11.3 Å². The fraction of sp³-hybridized carbons (Fsp3) is 0.100. The van der Waals surface area contributed by atoms with Gasteiger partial charge in [-0.1, -0.05) is 0 Å². The molecule has 0 amide bonds. The van der Waals surface area contributed by atoms with Crippen LogP contribution >= 0.6 is 0 Å². The van der Waals surface area contributed by atoms with Gasteiger partial charge < -0.3 is 9.84 Å². The molecule has 0 spiro atoms. The second-order valence-corrected chi connectivity index (χ2v) is 3.09. The van der Waals surface area contributed by atoms with Crippen molar-refractivity contribution in [3.63, 3.8) is 0 Å². The number of aromatic carboxylic acids is 1. The molecule has 1 N–H and O–H groups in total. The first-order valence-corrected chi connectivity index (χ1v) is 4.43. The first-order chi connectivity index (χ1) is 7.63. The van der Waals surface area contributed by atoms with Gasteiger partial charge in [0.25, 0.3) is 0 Å². The van der Waals surface area contributed by atoms with E-state index in [2.05, 4.69) is 9.84 Å². The van der Waals surface area contributed by atoms with Crippen LogP contribution in [-0.4, -0.2) is 33.8 Å². The smallest absolute Gasteiger partial charge is 0.356 e. The van der Waals surface area contributed by atoms with Crippen LogP contribution in [0.25, 0.3) is 5.52 Å². The predicted octanol–water partition coefficient (Wildman–Crippen LogP) is 0.819. The van der Waals surface area contributed by atoms with Crippen LogP contribution in [0.5, 0.6) is 0 Å². The monoisotopic (exact) mass is 220 g/mol. The van der Waals surface area contributed by atoms with Crippen LogP contribution in [0, 0.1) is 0 Å². The third-order valence-electron chi connectivity index (χ3n) is 2.14. The van der Waals surface area contributed by atoms with Crippen molar-refractivity contribution < 1.29 is 19.4 Å². The van der Waals surface area contributed by atoms with Gasteiger partial charge in [0.2, 0.25) is 0 Å². The topological polar surface area (TPSA) is 80.9 Å². The van der Waals surface area contributed by atoms with Gasteiger partial charge in [-0.3, -0.25) is 0 Å². The first-order valence-electron chi connectivity index (χ1n) is 4.43. The number of fused-ring (bicyclic) bond motifs is 1. The van der Waals surface area contributed by atoms with Gasteiger partial charge in [-0.05, 0) is 18.2 Å². The highest BCUT2D eigenvalue weighted by molar-refractivity contribution is 5.95. The van der Waals surface area contributed by atoms with E-state index in [0.717, 1.165) is 0 Å². The molecule has 0 unspecified atom stereocenters. The molecule has 6 nitrogen and oxygen atoms in total. The highest BCUT2D eigenvalue weighted by Gasteiger charge is 2.15. The van der Waals surface area contributed by atoms with E-state index in [9.17, 15) is 9.59 Å². The van der Waals surface area contributed by atoms with Crippen LogP contribution in [0.1, 0.15) is 20.8 Å². The quantitative estimate of drug-likeness (QED) is 0.757. The van der Waals surface area contributed by atoms with Crippen LogP contribution in [-0.2, 0) is 4.74 Å². The van der Waals surface area contributed by atoms with Crippen molar-refractivity contribution in [1.29, 1.82) is 0 Å². The Bertz CT molecular complexity index is 573. The highest BCUT2D eigenvalue weighted by Crippen LogP contribution is 2.12. The van der Waals surface area contributed by atoms with Gasteiger partial charge in [-0.15, -0.1) is 0 Å². The molecule has 0 atom stereocenters. The Kier molecular flexibility index (Phi) is 2.32. The van der Waals surface area contributed by atoms with Crippen LogP contribution in [0.3, 0.4) is 0 Å². The lowest BCUT2D eigenvalue weighted by molar-refractivity contribution is 0.0591. The molecule has 6 heteroatoms. The average Bonchev–Trinajstić information content (AvgIpc) is 2.74. The highest BCUT2D eigenvalue weighted by atomic mass is 16.5. The Morgan fingerprint density at radius 2 is 2.19 bits per heavy atom. The van der Waals surface area contributed by atoms with Gasteiger partial charge in [0.05, 0.1) is 24.4 Å². The molecule has 0 aromatic carbocycles. The number of esters is 1. The van der Waals surface area contributed by atoms with E-state index in [1.54, 1.807) is 6.07 Å². The molecular weight excluding hydrogens is 212 g/mol. The maximum atomic E-state index is 11.4. The second-order valence-electron chi connectivity index (χ2n) is 3.09. The minimum atomic E-state index is -1.10. The van der Waals surface area contributed by atoms with Gasteiger partial charge in [-0.2, -0.15) is 5.10 Å². The number of pyridine rings is 1. The Morgan fingerprint density at radius 1 is 1.44 bits per heavy atom. The summed E-state index contributed by atoms with van der Waals surface area (Å²) in [7, 11) is 1.23. The maximum absolute atomic E-state index is 11.4. The molecule has 0 radical (unpaired) electrons. The number of rotatable bonds is 2. The summed E-state index contributed by atoms with van der Waals surface area (Å²) in [6.45, 7) is 0. The molecule has 2 rings (SSSR count). The zero-order chi connectivity index (χ0) is 11.7. The van der Waals surface area contributed by atoms with Crippen LogP contribution in [0.15, 0.2) is 24.4 Å². The zero-order valence-electron chi connectivity index (χ0n) is 8.38. The number of carbonyl (C=O) groups excluding carboxylic acids is 1. The van der Waals surface area contributed by atoms with Gasteiger partial charge >= 0.3 is 11.9 Å². The Morgan fingerprint density at radius 3 is 2.81 bits per heavy atom. The SMILES string of the molecule is COC(=O)c1cc(C(=O)O)cc2ccnn12. The van der Waals surface area contributed by atoms with Gasteiger partial charge in [0.1, 0.15) is 0 Å². The number of carboxylic acid groups (broad SMARTS) is 1. The van der Waals surface area contributed by atoms with E-state index >= 15 is 0 Å². The van der Waals surface area contributed by atoms with Crippen LogP contribution in [0.2, 0.25) is 0 Å². The third-order valence-corrected chi connectivity index (χ3v) is 2.14. The number of nitrogens with zero attached hydrogens (tertiary/aromatic N) is 2. The second kappa shape index (κ2) is 3.65. The summed E-state index contributed by atoms with van der Waals surface area (Å²) in [5, 5.41) is 12.8. The van der Waals surface area contributed by atoms with Gasteiger partial charge in [0.15, 0.2) is 5.69 Å². The lowest BCUT2D eigenvalue weighted by Crippen LogP contribution is -2.11. The summed E-state index contributed by atoms with van der Waals surface area (Å²) in [4.78, 5) is 22.3. The molecule has 0 saturated carbocycles. The molecule has 0 aliphatic carbocycles. The van der Waals surface area contributed by atoms with Crippen molar-refractivity contribution in [3.8, 4) is 0 Å². The van der Waals surface area contributed by atoms with E-state index in [1.807, 2.05) is 0 Å². The summed E-state index contributed by atoms with van der Waals surface area (Å²) in [6.07, 6.45) is 1.48. The Balaban J connectivity index is 2.73. The summed E-state index contributed by atoms with van der Waals surface area (Å²) < 4.78 is 5.89. The number of carbonyl (C=O) groups is 2. The molecule has 0 aliphatic heterocycles. The zero-order valence-corrected chi connectivity index (χ0v) is 8.38. The largest absolute Gasteiger partial charge is 0.478 e. The van der Waals surface area contributed by atoms with Gasteiger partial charge in [0, 0.05) is 0 Å². The minimum Gasteiger partial charge on any atom is -0.478 e. The summed E-state index contributed by atoms with van der Waals surface area (Å²) in [6, 6.07) is 4.27. The molecule has 0 saturated heterocycles. The van der Waals surface area contributed by atoms with Crippen molar-refractivity contribution in [2.24, 2.45) is 0 Å². The fourth-order valence-corrected chi connectivity index (χ4v) is 1.41. The van der Waals surface area contributed by atoms with Crippen molar-refractivity contribution in [2.75, 3.05) is 7.11 Å². The number of hydrogen-bond acceptors (Lipinski definition) is 4. The van der Waals surface area contributed by atoms with Crippen molar-refractivity contribution in [3.05, 3.63) is 35.7 Å². The fourth-order valence-electron chi connectivity index (χ4n) is 1.41. The lowest BCUT2D eigenvalue weighted by atomic mass is 10.2. The van der Waals surface area contributed by atoms with Crippen molar-refractivity contribution >= 4 is 17.5 Å². The van der Waals surface area contributed by atoms with Crippen molar-refractivity contribution in [2.45, 2.75) is 0 Å². The van der Waals surface area contributed by atoms with E-state index in [1.165, 1.54) is 30.0 Å². The molecule has 2 aromatic heterocycles. The van der Waals surface area contributed by atoms with E-state index < -0.39 is 11.9 Å². The molecule has 0 bridgehead atoms. The molecule has 2 aromatic rings. The molecular formula is C10H8N2O4. The maximum Gasteiger partial charge on any atom is 0.356 e. The number of hydrogen-bond donors (Lipinski definition) is 1. The average molecular weight is 220 g/mol. The van der Waals surface area contributed by atoms with E-state index in [0.29, 0.717) is 5.52 Å². The standard InChI is InChI=1S/C10H8N2O4/c1-16-10(15)8-5-6(9(13)14)4-7-2-3-11-12(7)8/h2-5H,1H3,(H,13,14). The van der Waals surface area contributed by atoms with Gasteiger partial charge in [-0.25, -0.2) is 14.1 Å². The molecule has 0 aliphatic rings. The Hall–Kier alpha value is -2.37. The number of ether oxygens (including phenoxy) is 1. The molecule has 82 valence electrons. The summed E-state index contributed by atoms with van der Waals surface area (Å²) >= 11 is 0. The molecule has 16 heavy (non-hydrogen) atoms. The Labute approximate surface area is 90.1 Å². The van der Waals surface area contributed by atoms with Crippen molar-refractivity contribution in [1.82, 2.24) is 9.61 Å². The first kappa shape index (κ1) is 10.2. The summed E-state index contributed by atoms with van der Waals surface area (Å²) in [5.74, 6) is -1.73. The third kappa shape index (κ3) is 1.50. The summed E-state index contributed by atoms with van der Waals surface area (Å²) in [5.41, 5.74) is 0.635. The van der Waals surface area contributed by atoms with E-state index in [4.69, 9.17) is 5.11 Å². The lowest BCUT2D eigenvalue weighted by Gasteiger charge is -2.04. The minimum absolute atomic E-state index is 0.0217. The van der Waals surface area contributed by atoms with Crippen LogP contribution in [0.4, 0.5) is 0 Å². The number of aromatic nitrogens is 2. The molecule has 2 heterocycles. The predicted molar refractivity (Wildman–Crippen MR) is 53.5 cm³/mol. The number of methoxy groups -OCH3 is 1. The molecule has 0 fully saturated rings. The normalized spacial score (nSPS) is 10.3. The number of carboxylic acids is 1. The van der Waals surface area contributed by atoms with Crippen LogP contribution < -0.4 is 0 Å².